The number of benzene rings is 2. The molecule has 75 valence electrons. The molecule has 0 aliphatic rings. The van der Waals surface area contributed by atoms with E-state index in [0.717, 1.165) is 11.3 Å². The molecular formula is C14H13O. The number of aryl methyl sites for hydroxylation is 1. The molecule has 0 aliphatic carbocycles. The van der Waals surface area contributed by atoms with E-state index >= 15 is 0 Å². The molecule has 0 saturated carbocycles. The fraction of sp³-hybridized carbons (Fsp3) is 0.143. The topological polar surface area (TPSA) is 9.23 Å². The highest BCUT2D eigenvalue weighted by Crippen LogP contribution is 2.11. The second-order valence-corrected chi connectivity index (χ2v) is 3.49. The molecule has 1 nitrogen and oxygen atoms in total. The molecule has 15 heavy (non-hydrogen) atoms. The Morgan fingerprint density at radius 1 is 1.13 bits per heavy atom. The lowest BCUT2D eigenvalue weighted by atomic mass is 10.1. The van der Waals surface area contributed by atoms with Gasteiger partial charge in [-0.05, 0) is 30.7 Å². The fourth-order valence-electron chi connectivity index (χ4n) is 1.41. The average molecular weight is 197 g/mol. The van der Waals surface area contributed by atoms with Gasteiger partial charge in [0, 0.05) is 0 Å². The van der Waals surface area contributed by atoms with Gasteiger partial charge in [0.2, 0.25) is 0 Å². The highest BCUT2D eigenvalue weighted by Gasteiger charge is 1.95. The Morgan fingerprint density at radius 2 is 1.93 bits per heavy atom. The largest absolute Gasteiger partial charge is 0.489 e. The molecule has 0 bridgehead atoms. The van der Waals surface area contributed by atoms with Gasteiger partial charge in [-0.25, -0.2) is 0 Å². The SMILES string of the molecule is Cc1cc[c]c(COc2ccccc2)c1. The van der Waals surface area contributed by atoms with Crippen molar-refractivity contribution < 1.29 is 4.74 Å². The average Bonchev–Trinajstić information content (AvgIpc) is 2.28. The Hall–Kier alpha value is -1.76. The van der Waals surface area contributed by atoms with E-state index in [9.17, 15) is 0 Å². The highest BCUT2D eigenvalue weighted by molar-refractivity contribution is 5.23. The van der Waals surface area contributed by atoms with Gasteiger partial charge in [0.15, 0.2) is 0 Å². The minimum absolute atomic E-state index is 0.575. The second kappa shape index (κ2) is 4.65. The Morgan fingerprint density at radius 3 is 2.67 bits per heavy atom. The van der Waals surface area contributed by atoms with Crippen LogP contribution in [0, 0.1) is 13.0 Å². The molecule has 0 spiro atoms. The monoisotopic (exact) mass is 197 g/mol. The zero-order chi connectivity index (χ0) is 10.5. The third-order valence-corrected chi connectivity index (χ3v) is 2.15. The van der Waals surface area contributed by atoms with Crippen molar-refractivity contribution in [2.24, 2.45) is 0 Å². The Kier molecular flexibility index (Phi) is 3.03. The summed E-state index contributed by atoms with van der Waals surface area (Å²) in [5.41, 5.74) is 2.32. The lowest BCUT2D eigenvalue weighted by molar-refractivity contribution is 0.306. The van der Waals surface area contributed by atoms with Crippen molar-refractivity contribution in [3.63, 3.8) is 0 Å². The quantitative estimate of drug-likeness (QED) is 0.733. The lowest BCUT2D eigenvalue weighted by Gasteiger charge is -2.05. The summed E-state index contributed by atoms with van der Waals surface area (Å²) in [6.07, 6.45) is 0. The number of hydrogen-bond donors (Lipinski definition) is 0. The molecule has 2 aromatic carbocycles. The Labute approximate surface area is 90.3 Å². The van der Waals surface area contributed by atoms with Crippen LogP contribution in [0.15, 0.2) is 48.5 Å². The van der Waals surface area contributed by atoms with Crippen LogP contribution in [0.4, 0.5) is 0 Å². The maximum Gasteiger partial charge on any atom is 0.119 e. The highest BCUT2D eigenvalue weighted by atomic mass is 16.5. The Balaban J connectivity index is 1.99. The van der Waals surface area contributed by atoms with Crippen LogP contribution in [0.3, 0.4) is 0 Å². The predicted octanol–water partition coefficient (Wildman–Crippen LogP) is 3.37. The minimum atomic E-state index is 0.575. The Bertz CT molecular complexity index is 420. The van der Waals surface area contributed by atoms with Gasteiger partial charge < -0.3 is 4.74 Å². The zero-order valence-electron chi connectivity index (χ0n) is 8.73. The van der Waals surface area contributed by atoms with Gasteiger partial charge in [0.05, 0.1) is 0 Å². The van der Waals surface area contributed by atoms with Crippen molar-refractivity contribution in [1.29, 1.82) is 0 Å². The van der Waals surface area contributed by atoms with Crippen LogP contribution in [-0.2, 0) is 6.61 Å². The zero-order valence-corrected chi connectivity index (χ0v) is 8.73. The van der Waals surface area contributed by atoms with Crippen molar-refractivity contribution in [3.05, 3.63) is 65.7 Å². The van der Waals surface area contributed by atoms with Crippen molar-refractivity contribution in [3.8, 4) is 5.75 Å². The normalized spacial score (nSPS) is 9.93. The van der Waals surface area contributed by atoms with Crippen molar-refractivity contribution in [2.45, 2.75) is 13.5 Å². The number of hydrogen-bond acceptors (Lipinski definition) is 1. The summed E-state index contributed by atoms with van der Waals surface area (Å²) in [6, 6.07) is 19.0. The van der Waals surface area contributed by atoms with Gasteiger partial charge >= 0.3 is 0 Å². The molecule has 0 aromatic heterocycles. The summed E-state index contributed by atoms with van der Waals surface area (Å²) < 4.78 is 5.62. The molecular weight excluding hydrogens is 184 g/mol. The molecule has 1 radical (unpaired) electrons. The van der Waals surface area contributed by atoms with Crippen LogP contribution in [0.2, 0.25) is 0 Å². The number of para-hydroxylation sites is 1. The van der Waals surface area contributed by atoms with Crippen LogP contribution in [-0.4, -0.2) is 0 Å². The molecule has 0 fully saturated rings. The van der Waals surface area contributed by atoms with E-state index in [1.165, 1.54) is 5.56 Å². The summed E-state index contributed by atoms with van der Waals surface area (Å²) in [5.74, 6) is 0.896. The van der Waals surface area contributed by atoms with E-state index in [4.69, 9.17) is 4.74 Å². The molecule has 0 amide bonds. The van der Waals surface area contributed by atoms with E-state index in [-0.39, 0.29) is 0 Å². The molecule has 0 N–H and O–H groups in total. The van der Waals surface area contributed by atoms with Crippen molar-refractivity contribution in [2.75, 3.05) is 0 Å². The molecule has 0 aliphatic heterocycles. The first-order valence-corrected chi connectivity index (χ1v) is 5.00. The number of ether oxygens (including phenoxy) is 1. The molecule has 0 heterocycles. The van der Waals surface area contributed by atoms with E-state index in [2.05, 4.69) is 19.1 Å². The fourth-order valence-corrected chi connectivity index (χ4v) is 1.41. The van der Waals surface area contributed by atoms with Gasteiger partial charge in [-0.1, -0.05) is 42.0 Å². The van der Waals surface area contributed by atoms with E-state index in [1.54, 1.807) is 0 Å². The van der Waals surface area contributed by atoms with Gasteiger partial charge in [-0.2, -0.15) is 0 Å². The van der Waals surface area contributed by atoms with E-state index in [1.807, 2.05) is 42.5 Å². The first kappa shape index (κ1) is 9.78. The smallest absolute Gasteiger partial charge is 0.119 e. The van der Waals surface area contributed by atoms with E-state index in [0.29, 0.717) is 6.61 Å². The van der Waals surface area contributed by atoms with Gasteiger partial charge in [-0.15, -0.1) is 0 Å². The second-order valence-electron chi connectivity index (χ2n) is 3.49. The van der Waals surface area contributed by atoms with Crippen LogP contribution in [0.5, 0.6) is 5.75 Å². The van der Waals surface area contributed by atoms with Crippen LogP contribution >= 0.6 is 0 Å². The molecule has 0 atom stereocenters. The van der Waals surface area contributed by atoms with Crippen molar-refractivity contribution >= 4 is 0 Å². The van der Waals surface area contributed by atoms with E-state index < -0.39 is 0 Å². The lowest BCUT2D eigenvalue weighted by Crippen LogP contribution is -1.95. The number of rotatable bonds is 3. The third kappa shape index (κ3) is 2.84. The summed E-state index contributed by atoms with van der Waals surface area (Å²) in [4.78, 5) is 0. The van der Waals surface area contributed by atoms with Crippen LogP contribution in [0.25, 0.3) is 0 Å². The molecule has 0 unspecified atom stereocenters. The first-order valence-electron chi connectivity index (χ1n) is 5.00. The molecule has 0 saturated heterocycles. The third-order valence-electron chi connectivity index (χ3n) is 2.15. The van der Waals surface area contributed by atoms with Gasteiger partial charge in [-0.3, -0.25) is 0 Å². The molecule has 2 aromatic rings. The maximum atomic E-state index is 5.62. The summed E-state index contributed by atoms with van der Waals surface area (Å²) >= 11 is 0. The van der Waals surface area contributed by atoms with Gasteiger partial charge in [0.25, 0.3) is 0 Å². The van der Waals surface area contributed by atoms with Crippen molar-refractivity contribution in [1.82, 2.24) is 0 Å². The summed E-state index contributed by atoms with van der Waals surface area (Å²) in [6.45, 7) is 2.64. The van der Waals surface area contributed by atoms with Gasteiger partial charge in [0.1, 0.15) is 12.4 Å². The molecule has 1 heteroatoms. The minimum Gasteiger partial charge on any atom is -0.489 e. The molecule has 2 rings (SSSR count). The van der Waals surface area contributed by atoms with Crippen LogP contribution in [0.1, 0.15) is 11.1 Å². The predicted molar refractivity (Wildman–Crippen MR) is 60.8 cm³/mol. The first-order chi connectivity index (χ1) is 7.34. The standard InChI is InChI=1S/C14H13O/c1-12-6-5-7-13(10-12)11-15-14-8-3-2-4-9-14/h2-6,8-10H,11H2,1H3. The summed E-state index contributed by atoms with van der Waals surface area (Å²) in [5, 5.41) is 0. The maximum absolute atomic E-state index is 5.62. The summed E-state index contributed by atoms with van der Waals surface area (Å²) in [7, 11) is 0. The van der Waals surface area contributed by atoms with Crippen LogP contribution < -0.4 is 4.74 Å².